The molecule has 0 fully saturated rings. The van der Waals surface area contributed by atoms with Gasteiger partial charge in [0.2, 0.25) is 0 Å². The van der Waals surface area contributed by atoms with Crippen LogP contribution in [0.15, 0.2) is 47.8 Å². The Bertz CT molecular complexity index is 482. The molecule has 0 saturated heterocycles. The summed E-state index contributed by atoms with van der Waals surface area (Å²) in [5.74, 6) is 0.414. The first-order valence-electron chi connectivity index (χ1n) is 4.96. The summed E-state index contributed by atoms with van der Waals surface area (Å²) in [6, 6.07) is 9.32. The van der Waals surface area contributed by atoms with E-state index in [9.17, 15) is 4.21 Å². The van der Waals surface area contributed by atoms with Crippen molar-refractivity contribution in [2.24, 2.45) is 0 Å². The van der Waals surface area contributed by atoms with Gasteiger partial charge in [0.15, 0.2) is 0 Å². The van der Waals surface area contributed by atoms with Gasteiger partial charge in [0.1, 0.15) is 5.03 Å². The third-order valence-corrected chi connectivity index (χ3v) is 3.39. The van der Waals surface area contributed by atoms with Gasteiger partial charge < -0.3 is 0 Å². The highest BCUT2D eigenvalue weighted by molar-refractivity contribution is 7.84. The third-order valence-electron chi connectivity index (χ3n) is 2.12. The average molecular weight is 232 g/mol. The fourth-order valence-electron chi connectivity index (χ4n) is 1.28. The molecule has 0 unspecified atom stereocenters. The highest BCUT2D eigenvalue weighted by atomic mass is 32.2. The minimum absolute atomic E-state index is 0.414. The van der Waals surface area contributed by atoms with Gasteiger partial charge in [-0.1, -0.05) is 12.1 Å². The van der Waals surface area contributed by atoms with Crippen LogP contribution in [0.3, 0.4) is 0 Å². The van der Waals surface area contributed by atoms with Crippen LogP contribution in [0.25, 0.3) is 0 Å². The summed E-state index contributed by atoms with van der Waals surface area (Å²) < 4.78 is 11.9. The van der Waals surface area contributed by atoms with E-state index in [4.69, 9.17) is 0 Å². The van der Waals surface area contributed by atoms with Crippen molar-refractivity contribution in [2.45, 2.75) is 17.7 Å². The van der Waals surface area contributed by atoms with Gasteiger partial charge in [-0.3, -0.25) is 9.19 Å². The predicted octanol–water partition coefficient (Wildman–Crippen LogP) is 2.09. The zero-order valence-electron chi connectivity index (χ0n) is 8.96. The molecule has 1 atom stereocenters. The molecule has 0 aliphatic heterocycles. The molecule has 2 aromatic rings. The maximum Gasteiger partial charge on any atom is 0.127 e. The number of aryl methyl sites for hydroxylation is 1. The van der Waals surface area contributed by atoms with Crippen molar-refractivity contribution in [2.75, 3.05) is 0 Å². The van der Waals surface area contributed by atoms with E-state index in [0.29, 0.717) is 10.8 Å². The quantitative estimate of drug-likeness (QED) is 0.813. The van der Waals surface area contributed by atoms with E-state index in [0.717, 1.165) is 11.3 Å². The zero-order valence-corrected chi connectivity index (χ0v) is 9.78. The van der Waals surface area contributed by atoms with E-state index in [1.807, 2.05) is 31.2 Å². The molecule has 3 nitrogen and oxygen atoms in total. The normalized spacial score (nSPS) is 12.3. The molecule has 82 valence electrons. The summed E-state index contributed by atoms with van der Waals surface area (Å²) in [6.45, 7) is 1.96. The number of aromatic nitrogens is 2. The van der Waals surface area contributed by atoms with Crippen molar-refractivity contribution in [3.63, 3.8) is 0 Å². The standard InChI is InChI=1S/C12H12N2OS/c1-10-5-6-12(14-8-10)16(15)9-11-4-2-3-7-13-11/h2-8H,9H2,1H3/t16-/m0/s1. The Labute approximate surface area is 97.0 Å². The first kappa shape index (κ1) is 11.0. The lowest BCUT2D eigenvalue weighted by molar-refractivity contribution is 0.679. The number of hydrogen-bond donors (Lipinski definition) is 0. The Balaban J connectivity index is 2.12. The number of hydrogen-bond acceptors (Lipinski definition) is 3. The van der Waals surface area contributed by atoms with Crippen LogP contribution in [0, 0.1) is 6.92 Å². The smallest absolute Gasteiger partial charge is 0.127 e. The third kappa shape index (κ3) is 2.73. The van der Waals surface area contributed by atoms with E-state index in [1.54, 1.807) is 18.5 Å². The van der Waals surface area contributed by atoms with Crippen molar-refractivity contribution < 1.29 is 4.21 Å². The summed E-state index contributed by atoms with van der Waals surface area (Å²) in [7, 11) is -1.12. The van der Waals surface area contributed by atoms with Crippen molar-refractivity contribution in [1.29, 1.82) is 0 Å². The van der Waals surface area contributed by atoms with Crippen LogP contribution < -0.4 is 0 Å². The first-order chi connectivity index (χ1) is 7.75. The lowest BCUT2D eigenvalue weighted by Crippen LogP contribution is -2.00. The topological polar surface area (TPSA) is 42.9 Å². The average Bonchev–Trinajstić information content (AvgIpc) is 2.31. The lowest BCUT2D eigenvalue weighted by Gasteiger charge is -2.01. The maximum atomic E-state index is 11.9. The molecule has 0 aromatic carbocycles. The molecular weight excluding hydrogens is 220 g/mol. The van der Waals surface area contributed by atoms with Gasteiger partial charge in [0.05, 0.1) is 22.2 Å². The maximum absolute atomic E-state index is 11.9. The highest BCUT2D eigenvalue weighted by Crippen LogP contribution is 2.08. The van der Waals surface area contributed by atoms with Gasteiger partial charge in [-0.25, -0.2) is 4.98 Å². The zero-order chi connectivity index (χ0) is 11.4. The van der Waals surface area contributed by atoms with E-state index in [1.165, 1.54) is 0 Å². The first-order valence-corrected chi connectivity index (χ1v) is 6.28. The Morgan fingerprint density at radius 2 is 2.06 bits per heavy atom. The molecule has 2 rings (SSSR count). The molecule has 0 radical (unpaired) electrons. The molecule has 4 heteroatoms. The van der Waals surface area contributed by atoms with E-state index >= 15 is 0 Å². The van der Waals surface area contributed by atoms with Crippen LogP contribution in [0.1, 0.15) is 11.3 Å². The summed E-state index contributed by atoms with van der Waals surface area (Å²) in [5, 5.41) is 0.608. The van der Waals surface area contributed by atoms with Gasteiger partial charge in [0, 0.05) is 12.4 Å². The van der Waals surface area contributed by atoms with Crippen molar-refractivity contribution >= 4 is 10.8 Å². The van der Waals surface area contributed by atoms with Crippen LogP contribution in [0.5, 0.6) is 0 Å². The molecule has 0 amide bonds. The van der Waals surface area contributed by atoms with Crippen molar-refractivity contribution in [3.05, 3.63) is 54.0 Å². The molecule has 0 aliphatic rings. The highest BCUT2D eigenvalue weighted by Gasteiger charge is 2.06. The van der Waals surface area contributed by atoms with Crippen LogP contribution in [0.2, 0.25) is 0 Å². The second-order valence-electron chi connectivity index (χ2n) is 3.48. The molecule has 0 aliphatic carbocycles. The van der Waals surface area contributed by atoms with E-state index in [-0.39, 0.29) is 0 Å². The van der Waals surface area contributed by atoms with Crippen molar-refractivity contribution in [1.82, 2.24) is 9.97 Å². The van der Waals surface area contributed by atoms with E-state index in [2.05, 4.69) is 9.97 Å². The number of rotatable bonds is 3. The predicted molar refractivity (Wildman–Crippen MR) is 63.3 cm³/mol. The summed E-state index contributed by atoms with van der Waals surface area (Å²) in [6.07, 6.45) is 3.43. The number of nitrogens with zero attached hydrogens (tertiary/aromatic N) is 2. The second-order valence-corrected chi connectivity index (χ2v) is 4.88. The van der Waals surface area contributed by atoms with Gasteiger partial charge in [-0.2, -0.15) is 0 Å². The molecule has 2 heterocycles. The largest absolute Gasteiger partial charge is 0.260 e. The lowest BCUT2D eigenvalue weighted by atomic mass is 10.3. The van der Waals surface area contributed by atoms with E-state index < -0.39 is 10.8 Å². The van der Waals surface area contributed by atoms with Crippen LogP contribution >= 0.6 is 0 Å². The Hall–Kier alpha value is -1.55. The molecule has 0 N–H and O–H groups in total. The Morgan fingerprint density at radius 1 is 1.19 bits per heavy atom. The monoisotopic (exact) mass is 232 g/mol. The molecule has 0 spiro atoms. The van der Waals surface area contributed by atoms with Gasteiger partial charge in [0.25, 0.3) is 0 Å². The Morgan fingerprint density at radius 3 is 2.69 bits per heavy atom. The minimum Gasteiger partial charge on any atom is -0.260 e. The summed E-state index contributed by atoms with van der Waals surface area (Å²) >= 11 is 0. The fraction of sp³-hybridized carbons (Fsp3) is 0.167. The van der Waals surface area contributed by atoms with Crippen LogP contribution in [0.4, 0.5) is 0 Å². The molecule has 2 aromatic heterocycles. The molecule has 0 bridgehead atoms. The molecular formula is C12H12N2OS. The number of pyridine rings is 2. The van der Waals surface area contributed by atoms with Crippen LogP contribution in [-0.4, -0.2) is 14.2 Å². The fourth-order valence-corrected chi connectivity index (χ4v) is 2.26. The summed E-state index contributed by atoms with van der Waals surface area (Å²) in [4.78, 5) is 8.29. The molecule has 16 heavy (non-hydrogen) atoms. The minimum atomic E-state index is -1.12. The van der Waals surface area contributed by atoms with Gasteiger partial charge in [-0.05, 0) is 30.7 Å². The second kappa shape index (κ2) is 4.99. The molecule has 0 saturated carbocycles. The summed E-state index contributed by atoms with van der Waals surface area (Å²) in [5.41, 5.74) is 1.89. The SMILES string of the molecule is Cc1ccc([S@@](=O)Cc2ccccn2)nc1. The van der Waals surface area contributed by atoms with Crippen molar-refractivity contribution in [3.8, 4) is 0 Å². The van der Waals surface area contributed by atoms with Gasteiger partial charge >= 0.3 is 0 Å². The van der Waals surface area contributed by atoms with Gasteiger partial charge in [-0.15, -0.1) is 0 Å². The Kier molecular flexibility index (Phi) is 3.41. The van der Waals surface area contributed by atoms with Crippen LogP contribution in [-0.2, 0) is 16.6 Å².